The first-order chi connectivity index (χ1) is 14.6. The number of hydrogen-bond donors (Lipinski definition) is 0. The zero-order valence-electron chi connectivity index (χ0n) is 16.8. The van der Waals surface area contributed by atoms with Gasteiger partial charge in [0.2, 0.25) is 5.91 Å². The van der Waals surface area contributed by atoms with Crippen molar-refractivity contribution in [3.05, 3.63) is 54.4 Å². The van der Waals surface area contributed by atoms with Gasteiger partial charge in [0.25, 0.3) is 5.91 Å². The molecule has 2 aromatic rings. The van der Waals surface area contributed by atoms with Gasteiger partial charge in [-0.25, -0.2) is 9.37 Å². The molecule has 0 N–H and O–H groups in total. The minimum Gasteiger partial charge on any atom is -0.366 e. The van der Waals surface area contributed by atoms with Crippen LogP contribution in [0.25, 0.3) is 0 Å². The van der Waals surface area contributed by atoms with Crippen LogP contribution >= 0.6 is 0 Å². The molecular formula is C21H25FN6O2. The van der Waals surface area contributed by atoms with Crippen LogP contribution in [0.4, 0.5) is 10.1 Å². The Morgan fingerprint density at radius 3 is 2.27 bits per heavy atom. The van der Waals surface area contributed by atoms with Crippen molar-refractivity contribution in [2.45, 2.75) is 0 Å². The summed E-state index contributed by atoms with van der Waals surface area (Å²) in [6.07, 6.45) is 4.52. The Labute approximate surface area is 174 Å². The normalized spacial score (nSPS) is 17.8. The van der Waals surface area contributed by atoms with Crippen LogP contribution in [0.15, 0.2) is 42.9 Å². The van der Waals surface area contributed by atoms with Crippen LogP contribution in [0.2, 0.25) is 0 Å². The number of carbonyl (C=O) groups excluding carboxylic acids is 2. The maximum Gasteiger partial charge on any atom is 0.274 e. The topological polar surface area (TPSA) is 72.9 Å². The highest BCUT2D eigenvalue weighted by Crippen LogP contribution is 2.20. The highest BCUT2D eigenvalue weighted by atomic mass is 19.1. The zero-order chi connectivity index (χ0) is 20.9. The largest absolute Gasteiger partial charge is 0.366 e. The van der Waals surface area contributed by atoms with E-state index in [4.69, 9.17) is 0 Å². The van der Waals surface area contributed by atoms with E-state index in [0.717, 1.165) is 0 Å². The molecule has 2 aliphatic heterocycles. The fourth-order valence-corrected chi connectivity index (χ4v) is 3.88. The lowest BCUT2D eigenvalue weighted by molar-refractivity contribution is -0.133. The Morgan fingerprint density at radius 2 is 1.60 bits per heavy atom. The summed E-state index contributed by atoms with van der Waals surface area (Å²) in [7, 11) is 0. The molecule has 0 aliphatic carbocycles. The maximum atomic E-state index is 14.0. The molecule has 0 bridgehead atoms. The first-order valence-corrected chi connectivity index (χ1v) is 10.2. The first kappa shape index (κ1) is 20.2. The fourth-order valence-electron chi connectivity index (χ4n) is 3.88. The van der Waals surface area contributed by atoms with Crippen LogP contribution in [0.3, 0.4) is 0 Å². The van der Waals surface area contributed by atoms with Crippen LogP contribution < -0.4 is 4.90 Å². The van der Waals surface area contributed by atoms with Gasteiger partial charge in [0.15, 0.2) is 0 Å². The van der Waals surface area contributed by atoms with Gasteiger partial charge in [-0.15, -0.1) is 0 Å². The second-order valence-corrected chi connectivity index (χ2v) is 7.48. The van der Waals surface area contributed by atoms with Gasteiger partial charge in [-0.2, -0.15) is 0 Å². The molecule has 0 saturated carbocycles. The molecule has 1 aromatic heterocycles. The van der Waals surface area contributed by atoms with Crippen molar-refractivity contribution in [2.24, 2.45) is 0 Å². The average Bonchev–Trinajstić information content (AvgIpc) is 2.80. The molecule has 1 aromatic carbocycles. The van der Waals surface area contributed by atoms with Crippen molar-refractivity contribution in [3.8, 4) is 0 Å². The third-order valence-electron chi connectivity index (χ3n) is 5.63. The summed E-state index contributed by atoms with van der Waals surface area (Å²) >= 11 is 0. The molecule has 158 valence electrons. The summed E-state index contributed by atoms with van der Waals surface area (Å²) in [5, 5.41) is 0. The number of para-hydroxylation sites is 1. The van der Waals surface area contributed by atoms with E-state index in [9.17, 15) is 14.0 Å². The highest BCUT2D eigenvalue weighted by molar-refractivity contribution is 5.92. The van der Waals surface area contributed by atoms with Crippen molar-refractivity contribution >= 4 is 17.5 Å². The van der Waals surface area contributed by atoms with Crippen LogP contribution in [0.5, 0.6) is 0 Å². The summed E-state index contributed by atoms with van der Waals surface area (Å²) < 4.78 is 14.0. The summed E-state index contributed by atoms with van der Waals surface area (Å²) in [5.41, 5.74) is 0.934. The number of piperazine rings is 2. The molecule has 3 heterocycles. The molecule has 0 unspecified atom stereocenters. The molecule has 2 saturated heterocycles. The van der Waals surface area contributed by atoms with Gasteiger partial charge in [-0.3, -0.25) is 19.5 Å². The van der Waals surface area contributed by atoms with E-state index in [0.29, 0.717) is 70.3 Å². The van der Waals surface area contributed by atoms with Crippen molar-refractivity contribution < 1.29 is 14.0 Å². The van der Waals surface area contributed by atoms with E-state index in [2.05, 4.69) is 14.9 Å². The maximum absolute atomic E-state index is 14.0. The number of carbonyl (C=O) groups is 2. The van der Waals surface area contributed by atoms with Crippen LogP contribution in [0, 0.1) is 5.82 Å². The molecule has 2 amide bonds. The number of benzene rings is 1. The van der Waals surface area contributed by atoms with Crippen molar-refractivity contribution in [3.63, 3.8) is 0 Å². The van der Waals surface area contributed by atoms with E-state index >= 15 is 0 Å². The Kier molecular flexibility index (Phi) is 6.18. The molecular weight excluding hydrogens is 387 g/mol. The van der Waals surface area contributed by atoms with Gasteiger partial charge in [0, 0.05) is 64.8 Å². The van der Waals surface area contributed by atoms with Gasteiger partial charge in [-0.1, -0.05) is 12.1 Å². The molecule has 8 nitrogen and oxygen atoms in total. The van der Waals surface area contributed by atoms with E-state index in [1.165, 1.54) is 24.7 Å². The summed E-state index contributed by atoms with van der Waals surface area (Å²) in [5.74, 6) is -0.276. The number of amides is 2. The van der Waals surface area contributed by atoms with Gasteiger partial charge < -0.3 is 14.7 Å². The lowest BCUT2D eigenvalue weighted by Crippen LogP contribution is -2.54. The quantitative estimate of drug-likeness (QED) is 0.737. The fraction of sp³-hybridized carbons (Fsp3) is 0.429. The Balaban J connectivity index is 1.23. The summed E-state index contributed by atoms with van der Waals surface area (Å²) in [6, 6.07) is 6.74. The highest BCUT2D eigenvalue weighted by Gasteiger charge is 2.27. The number of halogens is 1. The van der Waals surface area contributed by atoms with E-state index in [1.807, 2.05) is 15.9 Å². The zero-order valence-corrected chi connectivity index (χ0v) is 16.8. The van der Waals surface area contributed by atoms with Crippen LogP contribution in [-0.4, -0.2) is 95.4 Å². The minimum absolute atomic E-state index is 0.0805. The Hall–Kier alpha value is -3.07. The van der Waals surface area contributed by atoms with Crippen molar-refractivity contribution in [1.29, 1.82) is 0 Å². The smallest absolute Gasteiger partial charge is 0.274 e. The molecule has 0 atom stereocenters. The number of rotatable bonds is 4. The summed E-state index contributed by atoms with van der Waals surface area (Å²) in [4.78, 5) is 40.8. The second kappa shape index (κ2) is 9.17. The SMILES string of the molecule is O=C(CN1CCN(C(=O)c2cnccn2)CC1)N1CCN(c2ccccc2F)CC1. The molecule has 2 aliphatic rings. The number of aromatic nitrogens is 2. The lowest BCUT2D eigenvalue weighted by Gasteiger charge is -2.38. The predicted octanol–water partition coefficient (Wildman–Crippen LogP) is 0.722. The molecule has 0 radical (unpaired) electrons. The standard InChI is InChI=1S/C21H25FN6O2/c22-17-3-1-2-4-19(17)26-11-13-27(14-12-26)20(29)16-25-7-9-28(10-8-25)21(30)18-15-23-5-6-24-18/h1-6,15H,7-14,16H2. The second-order valence-electron chi connectivity index (χ2n) is 7.48. The lowest BCUT2D eigenvalue weighted by atomic mass is 10.2. The van der Waals surface area contributed by atoms with Gasteiger partial charge in [0.05, 0.1) is 18.4 Å². The molecule has 4 rings (SSSR count). The first-order valence-electron chi connectivity index (χ1n) is 10.2. The predicted molar refractivity (Wildman–Crippen MR) is 110 cm³/mol. The van der Waals surface area contributed by atoms with Crippen molar-refractivity contribution in [2.75, 3.05) is 63.8 Å². The van der Waals surface area contributed by atoms with Crippen LogP contribution in [0.1, 0.15) is 10.5 Å². The molecule has 2 fully saturated rings. The third kappa shape index (κ3) is 4.56. The van der Waals surface area contributed by atoms with Crippen LogP contribution in [-0.2, 0) is 4.79 Å². The third-order valence-corrected chi connectivity index (χ3v) is 5.63. The minimum atomic E-state index is -0.230. The Morgan fingerprint density at radius 1 is 0.900 bits per heavy atom. The number of nitrogens with zero attached hydrogens (tertiary/aromatic N) is 6. The van der Waals surface area contributed by atoms with Gasteiger partial charge >= 0.3 is 0 Å². The number of anilines is 1. The Bertz CT molecular complexity index is 880. The number of hydrogen-bond acceptors (Lipinski definition) is 6. The summed E-state index contributed by atoms with van der Waals surface area (Å²) in [6.45, 7) is 5.15. The monoisotopic (exact) mass is 412 g/mol. The van der Waals surface area contributed by atoms with Gasteiger partial charge in [0.1, 0.15) is 11.5 Å². The van der Waals surface area contributed by atoms with Gasteiger partial charge in [-0.05, 0) is 12.1 Å². The van der Waals surface area contributed by atoms with E-state index < -0.39 is 0 Å². The average molecular weight is 412 g/mol. The molecule has 30 heavy (non-hydrogen) atoms. The van der Waals surface area contributed by atoms with E-state index in [1.54, 1.807) is 17.0 Å². The molecule has 9 heteroatoms. The molecule has 0 spiro atoms. The van der Waals surface area contributed by atoms with Crippen molar-refractivity contribution in [1.82, 2.24) is 24.7 Å². The van der Waals surface area contributed by atoms with E-state index in [-0.39, 0.29) is 17.6 Å².